The van der Waals surface area contributed by atoms with Crippen LogP contribution in [0, 0.1) is 0 Å². The molecule has 0 aliphatic carbocycles. The van der Waals surface area contributed by atoms with Gasteiger partial charge in [-0.25, -0.2) is 0 Å². The van der Waals surface area contributed by atoms with Crippen LogP contribution in [0.25, 0.3) is 0 Å². The fourth-order valence-corrected chi connectivity index (χ4v) is 2.27. The van der Waals surface area contributed by atoms with Crippen LogP contribution in [-0.4, -0.2) is 5.91 Å². The van der Waals surface area contributed by atoms with Crippen LogP contribution in [0.15, 0.2) is 36.4 Å². The summed E-state index contributed by atoms with van der Waals surface area (Å²) in [7, 11) is 0. The van der Waals surface area contributed by atoms with E-state index in [-0.39, 0.29) is 5.91 Å². The van der Waals surface area contributed by atoms with Crippen LogP contribution in [0.3, 0.4) is 0 Å². The van der Waals surface area contributed by atoms with Crippen LogP contribution in [0.1, 0.15) is 15.9 Å². The Kier molecular flexibility index (Phi) is 2.80. The van der Waals surface area contributed by atoms with E-state index in [4.69, 9.17) is 22.1 Å². The van der Waals surface area contributed by atoms with Gasteiger partial charge in [0.05, 0.1) is 5.02 Å². The van der Waals surface area contributed by atoms with Gasteiger partial charge in [-0.1, -0.05) is 17.7 Å². The molecule has 0 spiro atoms. The summed E-state index contributed by atoms with van der Waals surface area (Å²) < 4.78 is 5.78. The van der Waals surface area contributed by atoms with E-state index in [0.717, 1.165) is 5.56 Å². The van der Waals surface area contributed by atoms with E-state index in [1.807, 2.05) is 6.07 Å². The number of hydrogen-bond donors (Lipinski definition) is 2. The topological polar surface area (TPSA) is 64.3 Å². The van der Waals surface area contributed by atoms with Crippen molar-refractivity contribution in [3.63, 3.8) is 0 Å². The van der Waals surface area contributed by atoms with Crippen molar-refractivity contribution in [1.29, 1.82) is 0 Å². The summed E-state index contributed by atoms with van der Waals surface area (Å²) in [5.41, 5.74) is 7.70. The Labute approximate surface area is 115 Å². The molecule has 1 amide bonds. The third kappa shape index (κ3) is 2.11. The van der Waals surface area contributed by atoms with E-state index < -0.39 is 0 Å². The van der Waals surface area contributed by atoms with Crippen LogP contribution in [0.4, 0.5) is 5.69 Å². The SMILES string of the molecule is Nc1ccc(Oc2cccc3c2CNC3=O)c(Cl)c1. The first kappa shape index (κ1) is 11.9. The first-order chi connectivity index (χ1) is 9.15. The predicted octanol–water partition coefficient (Wildman–Crippen LogP) is 2.96. The second-order valence-electron chi connectivity index (χ2n) is 4.26. The molecule has 4 nitrogen and oxygen atoms in total. The fourth-order valence-electron chi connectivity index (χ4n) is 2.04. The molecule has 5 heteroatoms. The van der Waals surface area contributed by atoms with E-state index in [1.54, 1.807) is 30.3 Å². The minimum Gasteiger partial charge on any atom is -0.455 e. The highest BCUT2D eigenvalue weighted by atomic mass is 35.5. The molecular formula is C14H11ClN2O2. The molecule has 0 saturated heterocycles. The molecule has 1 aliphatic rings. The van der Waals surface area contributed by atoms with Crippen molar-refractivity contribution in [2.45, 2.75) is 6.54 Å². The zero-order valence-corrected chi connectivity index (χ0v) is 10.7. The van der Waals surface area contributed by atoms with Gasteiger partial charge >= 0.3 is 0 Å². The number of carbonyl (C=O) groups excluding carboxylic acids is 1. The molecule has 96 valence electrons. The summed E-state index contributed by atoms with van der Waals surface area (Å²) in [5, 5.41) is 3.20. The molecule has 0 saturated carbocycles. The summed E-state index contributed by atoms with van der Waals surface area (Å²) in [5.74, 6) is 1.06. The standard InChI is InChI=1S/C14H11ClN2O2/c15-11-6-8(16)4-5-13(11)19-12-3-1-2-9-10(12)7-17-14(9)18/h1-6H,7,16H2,(H,17,18). The van der Waals surface area contributed by atoms with Gasteiger partial charge < -0.3 is 15.8 Å². The highest BCUT2D eigenvalue weighted by Crippen LogP contribution is 2.34. The smallest absolute Gasteiger partial charge is 0.252 e. The number of carbonyl (C=O) groups is 1. The van der Waals surface area contributed by atoms with E-state index in [2.05, 4.69) is 5.32 Å². The largest absolute Gasteiger partial charge is 0.455 e. The number of nitrogens with two attached hydrogens (primary N) is 1. The van der Waals surface area contributed by atoms with Crippen molar-refractivity contribution in [1.82, 2.24) is 5.32 Å². The predicted molar refractivity (Wildman–Crippen MR) is 73.6 cm³/mol. The van der Waals surface area contributed by atoms with Crippen molar-refractivity contribution in [2.24, 2.45) is 0 Å². The van der Waals surface area contributed by atoms with Crippen LogP contribution in [0.5, 0.6) is 11.5 Å². The van der Waals surface area contributed by atoms with Crippen LogP contribution >= 0.6 is 11.6 Å². The Morgan fingerprint density at radius 3 is 2.84 bits per heavy atom. The second kappa shape index (κ2) is 4.48. The van der Waals surface area contributed by atoms with Gasteiger partial charge in [0, 0.05) is 23.4 Å². The van der Waals surface area contributed by atoms with Gasteiger partial charge in [0.15, 0.2) is 0 Å². The number of fused-ring (bicyclic) bond motifs is 1. The molecule has 0 atom stereocenters. The van der Waals surface area contributed by atoms with Crippen molar-refractivity contribution < 1.29 is 9.53 Å². The Morgan fingerprint density at radius 1 is 1.21 bits per heavy atom. The van der Waals surface area contributed by atoms with Gasteiger partial charge in [0.25, 0.3) is 5.91 Å². The molecule has 19 heavy (non-hydrogen) atoms. The molecule has 1 aliphatic heterocycles. The minimum atomic E-state index is -0.0798. The summed E-state index contributed by atoms with van der Waals surface area (Å²) >= 11 is 6.07. The highest BCUT2D eigenvalue weighted by Gasteiger charge is 2.22. The summed E-state index contributed by atoms with van der Waals surface area (Å²) in [4.78, 5) is 11.6. The first-order valence-corrected chi connectivity index (χ1v) is 6.16. The van der Waals surface area contributed by atoms with E-state index >= 15 is 0 Å². The van der Waals surface area contributed by atoms with Crippen molar-refractivity contribution in [3.8, 4) is 11.5 Å². The third-order valence-electron chi connectivity index (χ3n) is 2.98. The van der Waals surface area contributed by atoms with Crippen molar-refractivity contribution >= 4 is 23.2 Å². The van der Waals surface area contributed by atoms with Gasteiger partial charge in [0.1, 0.15) is 11.5 Å². The summed E-state index contributed by atoms with van der Waals surface area (Å²) in [6, 6.07) is 10.4. The van der Waals surface area contributed by atoms with Crippen LogP contribution < -0.4 is 15.8 Å². The Morgan fingerprint density at radius 2 is 2.05 bits per heavy atom. The molecular weight excluding hydrogens is 264 g/mol. The van der Waals surface area contributed by atoms with Gasteiger partial charge in [0.2, 0.25) is 0 Å². The Balaban J connectivity index is 1.98. The van der Waals surface area contributed by atoms with Gasteiger partial charge in [-0.2, -0.15) is 0 Å². The molecule has 0 fully saturated rings. The molecule has 0 radical (unpaired) electrons. The van der Waals surface area contributed by atoms with Crippen LogP contribution in [0.2, 0.25) is 5.02 Å². The molecule has 2 aromatic rings. The minimum absolute atomic E-state index is 0.0798. The van der Waals surface area contributed by atoms with Gasteiger partial charge in [-0.15, -0.1) is 0 Å². The lowest BCUT2D eigenvalue weighted by Crippen LogP contribution is -2.12. The number of anilines is 1. The number of amides is 1. The molecule has 0 bridgehead atoms. The molecule has 2 aromatic carbocycles. The number of nitrogens with one attached hydrogen (secondary N) is 1. The van der Waals surface area contributed by atoms with Gasteiger partial charge in [-0.3, -0.25) is 4.79 Å². The first-order valence-electron chi connectivity index (χ1n) is 5.78. The normalized spacial score (nSPS) is 13.0. The maximum Gasteiger partial charge on any atom is 0.252 e. The molecule has 3 rings (SSSR count). The molecule has 0 unspecified atom stereocenters. The Bertz CT molecular complexity index is 670. The summed E-state index contributed by atoms with van der Waals surface area (Å²) in [6.07, 6.45) is 0. The van der Waals surface area contributed by atoms with Crippen LogP contribution in [-0.2, 0) is 6.54 Å². The Hall–Kier alpha value is -2.20. The van der Waals surface area contributed by atoms with E-state index in [9.17, 15) is 4.79 Å². The maximum atomic E-state index is 11.6. The average molecular weight is 275 g/mol. The highest BCUT2D eigenvalue weighted by molar-refractivity contribution is 6.32. The summed E-state index contributed by atoms with van der Waals surface area (Å²) in [6.45, 7) is 0.469. The number of benzene rings is 2. The number of rotatable bonds is 2. The number of halogens is 1. The third-order valence-corrected chi connectivity index (χ3v) is 3.27. The lowest BCUT2D eigenvalue weighted by molar-refractivity contribution is 0.0966. The average Bonchev–Trinajstić information content (AvgIpc) is 2.76. The molecule has 1 heterocycles. The zero-order valence-electron chi connectivity index (χ0n) is 9.94. The van der Waals surface area contributed by atoms with Crippen molar-refractivity contribution in [3.05, 3.63) is 52.5 Å². The lowest BCUT2D eigenvalue weighted by atomic mass is 10.1. The number of hydrogen-bond acceptors (Lipinski definition) is 3. The van der Waals surface area contributed by atoms with Crippen molar-refractivity contribution in [2.75, 3.05) is 5.73 Å². The number of nitrogen functional groups attached to an aromatic ring is 1. The number of ether oxygens (including phenoxy) is 1. The zero-order chi connectivity index (χ0) is 13.4. The second-order valence-corrected chi connectivity index (χ2v) is 4.66. The van der Waals surface area contributed by atoms with E-state index in [0.29, 0.717) is 34.3 Å². The van der Waals surface area contributed by atoms with Gasteiger partial charge in [-0.05, 0) is 30.3 Å². The van der Waals surface area contributed by atoms with E-state index in [1.165, 1.54) is 0 Å². The maximum absolute atomic E-state index is 11.6. The monoisotopic (exact) mass is 274 g/mol. The molecule has 3 N–H and O–H groups in total. The lowest BCUT2D eigenvalue weighted by Gasteiger charge is -2.11. The quantitative estimate of drug-likeness (QED) is 0.828. The fraction of sp³-hybridized carbons (Fsp3) is 0.0714. The molecule has 0 aromatic heterocycles.